The molecular weight excluding hydrogens is 364 g/mol. The van der Waals surface area contributed by atoms with E-state index in [-0.39, 0.29) is 5.91 Å². The highest BCUT2D eigenvalue weighted by atomic mass is 16.5. The van der Waals surface area contributed by atoms with E-state index >= 15 is 0 Å². The number of likely N-dealkylation sites (tertiary alicyclic amines) is 1. The van der Waals surface area contributed by atoms with Crippen LogP contribution >= 0.6 is 0 Å². The van der Waals surface area contributed by atoms with Gasteiger partial charge in [-0.05, 0) is 67.9 Å². The zero-order chi connectivity index (χ0) is 20.6. The zero-order valence-corrected chi connectivity index (χ0v) is 16.9. The summed E-state index contributed by atoms with van der Waals surface area (Å²) in [6.45, 7) is 5.21. The van der Waals surface area contributed by atoms with Crippen LogP contribution in [0.25, 0.3) is 0 Å². The Morgan fingerprint density at radius 2 is 1.62 bits per heavy atom. The van der Waals surface area contributed by atoms with Crippen molar-refractivity contribution in [1.29, 1.82) is 0 Å². The van der Waals surface area contributed by atoms with E-state index in [9.17, 15) is 9.59 Å². The van der Waals surface area contributed by atoms with Gasteiger partial charge in [-0.2, -0.15) is 0 Å². The van der Waals surface area contributed by atoms with E-state index in [0.29, 0.717) is 12.0 Å². The highest BCUT2D eigenvalue weighted by Gasteiger charge is 2.19. The Morgan fingerprint density at radius 1 is 1.03 bits per heavy atom. The number of amides is 1. The number of benzene rings is 2. The molecular formula is C24H26N2O3. The molecule has 5 heteroatoms. The van der Waals surface area contributed by atoms with Gasteiger partial charge >= 0.3 is 5.97 Å². The van der Waals surface area contributed by atoms with Crippen LogP contribution in [0.4, 0.5) is 0 Å². The number of carbonyl (C=O) groups excluding carboxylic acids is 2. The number of rotatable bonds is 6. The second-order valence-corrected chi connectivity index (χ2v) is 7.11. The average molecular weight is 390 g/mol. The summed E-state index contributed by atoms with van der Waals surface area (Å²) < 4.78 is 4.69. The molecule has 1 saturated heterocycles. The molecule has 1 aliphatic heterocycles. The summed E-state index contributed by atoms with van der Waals surface area (Å²) in [5.74, 6) is 5.53. The molecule has 1 heterocycles. The summed E-state index contributed by atoms with van der Waals surface area (Å²) in [5, 5.41) is 2.69. The first kappa shape index (κ1) is 20.6. The quantitative estimate of drug-likeness (QED) is 0.609. The Morgan fingerprint density at radius 3 is 2.10 bits per heavy atom. The van der Waals surface area contributed by atoms with Crippen LogP contribution in [0.3, 0.4) is 0 Å². The van der Waals surface area contributed by atoms with Gasteiger partial charge in [-0.25, -0.2) is 4.79 Å². The van der Waals surface area contributed by atoms with Crippen LogP contribution in [-0.4, -0.2) is 43.0 Å². The lowest BCUT2D eigenvalue weighted by atomic mass is 10.1. The Hall–Kier alpha value is -3.10. The molecule has 1 amide bonds. The van der Waals surface area contributed by atoms with Gasteiger partial charge in [-0.3, -0.25) is 9.69 Å². The Kier molecular flexibility index (Phi) is 7.04. The fourth-order valence-electron chi connectivity index (χ4n) is 3.05. The van der Waals surface area contributed by atoms with Crippen LogP contribution in [0.2, 0.25) is 0 Å². The molecule has 3 rings (SSSR count). The molecule has 150 valence electrons. The van der Waals surface area contributed by atoms with Gasteiger partial charge in [0.15, 0.2) is 0 Å². The third-order valence-electron chi connectivity index (χ3n) is 5.01. The number of ether oxygens (including phenoxy) is 1. The van der Waals surface area contributed by atoms with Crippen molar-refractivity contribution in [3.63, 3.8) is 0 Å². The number of hydrogen-bond acceptors (Lipinski definition) is 4. The lowest BCUT2D eigenvalue weighted by Gasteiger charge is -2.30. The van der Waals surface area contributed by atoms with Gasteiger partial charge in [0, 0.05) is 23.2 Å². The van der Waals surface area contributed by atoms with Crippen molar-refractivity contribution in [3.8, 4) is 11.8 Å². The van der Waals surface area contributed by atoms with Crippen molar-refractivity contribution in [1.82, 2.24) is 10.2 Å². The maximum Gasteiger partial charge on any atom is 0.328 e. The first-order chi connectivity index (χ1) is 14.1. The highest BCUT2D eigenvalue weighted by Crippen LogP contribution is 2.13. The van der Waals surface area contributed by atoms with Gasteiger partial charge in [0.1, 0.15) is 6.04 Å². The maximum absolute atomic E-state index is 12.3. The van der Waals surface area contributed by atoms with Gasteiger partial charge in [0.05, 0.1) is 7.11 Å². The van der Waals surface area contributed by atoms with Crippen LogP contribution in [0, 0.1) is 11.8 Å². The second kappa shape index (κ2) is 9.90. The van der Waals surface area contributed by atoms with E-state index < -0.39 is 12.0 Å². The fraction of sp³-hybridized carbons (Fsp3) is 0.333. The summed E-state index contributed by atoms with van der Waals surface area (Å²) >= 11 is 0. The van der Waals surface area contributed by atoms with Crippen molar-refractivity contribution in [2.24, 2.45) is 0 Å². The van der Waals surface area contributed by atoms with Gasteiger partial charge < -0.3 is 10.1 Å². The Balaban J connectivity index is 1.59. The van der Waals surface area contributed by atoms with Gasteiger partial charge in [0.25, 0.3) is 5.91 Å². The molecule has 0 radical (unpaired) electrons. The predicted molar refractivity (Wildman–Crippen MR) is 112 cm³/mol. The monoisotopic (exact) mass is 390 g/mol. The van der Waals surface area contributed by atoms with Crippen molar-refractivity contribution in [3.05, 3.63) is 70.8 Å². The van der Waals surface area contributed by atoms with E-state index in [1.165, 1.54) is 32.2 Å². The summed E-state index contributed by atoms with van der Waals surface area (Å²) in [5.41, 5.74) is 3.57. The van der Waals surface area contributed by atoms with E-state index in [1.807, 2.05) is 19.1 Å². The first-order valence-electron chi connectivity index (χ1n) is 9.91. The lowest BCUT2D eigenvalue weighted by Crippen LogP contribution is -2.41. The fourth-order valence-corrected chi connectivity index (χ4v) is 3.05. The minimum Gasteiger partial charge on any atom is -0.467 e. The number of esters is 1. The van der Waals surface area contributed by atoms with E-state index in [0.717, 1.165) is 17.7 Å². The molecule has 2 aromatic carbocycles. The Bertz CT molecular complexity index is 904. The molecule has 0 unspecified atom stereocenters. The molecule has 0 bridgehead atoms. The summed E-state index contributed by atoms with van der Waals surface area (Å²) in [6.07, 6.45) is 1.77. The number of carbonyl (C=O) groups is 2. The summed E-state index contributed by atoms with van der Waals surface area (Å²) in [6, 6.07) is 14.7. The zero-order valence-electron chi connectivity index (χ0n) is 16.9. The topological polar surface area (TPSA) is 58.6 Å². The number of methoxy groups -OCH3 is 1. The van der Waals surface area contributed by atoms with Crippen molar-refractivity contribution >= 4 is 11.9 Å². The van der Waals surface area contributed by atoms with Crippen molar-refractivity contribution in [2.45, 2.75) is 32.4 Å². The second-order valence-electron chi connectivity index (χ2n) is 7.11. The minimum atomic E-state index is -0.643. The van der Waals surface area contributed by atoms with Gasteiger partial charge in [-0.1, -0.05) is 30.9 Å². The van der Waals surface area contributed by atoms with Gasteiger partial charge in [0.2, 0.25) is 0 Å². The first-order valence-corrected chi connectivity index (χ1v) is 9.91. The van der Waals surface area contributed by atoms with Crippen LogP contribution in [0.5, 0.6) is 0 Å². The van der Waals surface area contributed by atoms with Crippen molar-refractivity contribution < 1.29 is 14.3 Å². The molecule has 1 fully saturated rings. The van der Waals surface area contributed by atoms with E-state index in [1.54, 1.807) is 24.3 Å². The molecule has 29 heavy (non-hydrogen) atoms. The summed E-state index contributed by atoms with van der Waals surface area (Å²) in [4.78, 5) is 26.3. The molecule has 2 aromatic rings. The predicted octanol–water partition coefficient (Wildman–Crippen LogP) is 2.97. The third-order valence-corrected chi connectivity index (χ3v) is 5.01. The smallest absolute Gasteiger partial charge is 0.328 e. The number of nitrogens with one attached hydrogen (secondary N) is 1. The molecule has 1 N–H and O–H groups in total. The SMILES string of the molecule is CC[C@H](NC(=O)c1ccc(C#Cc2ccc(CN3CCC3)cc2)cc1)C(=O)OC. The average Bonchev–Trinajstić information content (AvgIpc) is 2.73. The highest BCUT2D eigenvalue weighted by molar-refractivity contribution is 5.96. The van der Waals surface area contributed by atoms with Crippen LogP contribution < -0.4 is 5.32 Å². The summed E-state index contributed by atoms with van der Waals surface area (Å²) in [7, 11) is 1.31. The minimum absolute atomic E-state index is 0.306. The van der Waals surface area contributed by atoms with Crippen LogP contribution in [-0.2, 0) is 16.1 Å². The maximum atomic E-state index is 12.3. The molecule has 0 spiro atoms. The van der Waals surface area contributed by atoms with Crippen molar-refractivity contribution in [2.75, 3.05) is 20.2 Å². The number of hydrogen-bond donors (Lipinski definition) is 1. The van der Waals surface area contributed by atoms with Crippen LogP contribution in [0.15, 0.2) is 48.5 Å². The van der Waals surface area contributed by atoms with E-state index in [4.69, 9.17) is 4.74 Å². The third kappa shape index (κ3) is 5.69. The van der Waals surface area contributed by atoms with Crippen LogP contribution in [0.1, 0.15) is 46.8 Å². The molecule has 5 nitrogen and oxygen atoms in total. The number of nitrogens with zero attached hydrogens (tertiary/aromatic N) is 1. The molecule has 1 aliphatic rings. The molecule has 0 aliphatic carbocycles. The largest absolute Gasteiger partial charge is 0.467 e. The normalized spacial score (nSPS) is 14.1. The van der Waals surface area contributed by atoms with E-state index in [2.05, 4.69) is 34.2 Å². The van der Waals surface area contributed by atoms with Gasteiger partial charge in [-0.15, -0.1) is 0 Å². The Labute approximate surface area is 172 Å². The lowest BCUT2D eigenvalue weighted by molar-refractivity contribution is -0.142. The molecule has 0 saturated carbocycles. The standard InChI is InChI=1S/C24H26N2O3/c1-3-22(24(28)29-2)25-23(27)21-13-11-19(12-14-21)6-5-18-7-9-20(10-8-18)17-26-15-4-16-26/h7-14,22H,3-4,15-17H2,1-2H3,(H,25,27)/t22-/m0/s1. The molecule has 0 aromatic heterocycles. The molecule has 1 atom stereocenters.